The van der Waals surface area contributed by atoms with Gasteiger partial charge in [-0.1, -0.05) is 35.9 Å². The zero-order valence-electron chi connectivity index (χ0n) is 10.7. The molecule has 2 aromatic heterocycles. The zero-order valence-corrected chi connectivity index (χ0v) is 12.2. The van der Waals surface area contributed by atoms with Crippen molar-refractivity contribution in [2.45, 2.75) is 0 Å². The van der Waals surface area contributed by atoms with Crippen molar-refractivity contribution in [3.63, 3.8) is 0 Å². The predicted molar refractivity (Wildman–Crippen MR) is 83.5 cm³/mol. The number of benzene rings is 1. The molecule has 0 atom stereocenters. The molecule has 0 aliphatic carbocycles. The van der Waals surface area contributed by atoms with Gasteiger partial charge in [0.1, 0.15) is 0 Å². The van der Waals surface area contributed by atoms with E-state index in [1.165, 1.54) is 12.3 Å². The molecule has 1 N–H and O–H groups in total. The second-order valence-electron chi connectivity index (χ2n) is 4.35. The third kappa shape index (κ3) is 2.96. The quantitative estimate of drug-likeness (QED) is 0.731. The first-order valence-electron chi connectivity index (χ1n) is 6.12. The van der Waals surface area contributed by atoms with Crippen LogP contribution in [0.3, 0.4) is 0 Å². The maximum absolute atomic E-state index is 11.4. The number of aromatic amines is 1. The molecule has 0 aliphatic heterocycles. The molecule has 0 bridgehead atoms. The molecule has 3 aromatic rings. The van der Waals surface area contributed by atoms with Gasteiger partial charge in [0.2, 0.25) is 10.8 Å². The van der Waals surface area contributed by atoms with Crippen molar-refractivity contribution in [2.75, 3.05) is 0 Å². The van der Waals surface area contributed by atoms with Crippen molar-refractivity contribution in [3.8, 4) is 22.5 Å². The van der Waals surface area contributed by atoms with Gasteiger partial charge < -0.3 is 4.98 Å². The van der Waals surface area contributed by atoms with E-state index in [1.54, 1.807) is 6.07 Å². The lowest BCUT2D eigenvalue weighted by molar-refractivity contribution is 1.17. The maximum atomic E-state index is 11.4. The van der Waals surface area contributed by atoms with Gasteiger partial charge in [0.25, 0.3) is 0 Å². The average molecular weight is 318 g/mol. The van der Waals surface area contributed by atoms with E-state index in [0.29, 0.717) is 10.7 Å². The van der Waals surface area contributed by atoms with Gasteiger partial charge in [-0.25, -0.2) is 9.97 Å². The molecule has 0 aliphatic rings. The highest BCUT2D eigenvalue weighted by molar-refractivity contribution is 6.33. The van der Waals surface area contributed by atoms with E-state index >= 15 is 0 Å². The van der Waals surface area contributed by atoms with Crippen LogP contribution in [0.1, 0.15) is 0 Å². The van der Waals surface area contributed by atoms with Gasteiger partial charge in [-0.2, -0.15) is 0 Å². The van der Waals surface area contributed by atoms with Gasteiger partial charge in [-0.15, -0.1) is 0 Å². The van der Waals surface area contributed by atoms with Crippen molar-refractivity contribution >= 4 is 23.2 Å². The SMILES string of the molecule is O=c1cccc(-c2cccc(-c3nc(Cl)ncc3Cl)c2)[nH]1. The molecule has 0 saturated heterocycles. The van der Waals surface area contributed by atoms with Gasteiger partial charge in [-0.3, -0.25) is 4.79 Å². The number of nitrogens with zero attached hydrogens (tertiary/aromatic N) is 2. The van der Waals surface area contributed by atoms with Crippen molar-refractivity contribution in [1.82, 2.24) is 15.0 Å². The van der Waals surface area contributed by atoms with Crippen LogP contribution < -0.4 is 5.56 Å². The monoisotopic (exact) mass is 317 g/mol. The summed E-state index contributed by atoms with van der Waals surface area (Å²) in [5.74, 6) is 0. The Morgan fingerprint density at radius 2 is 1.76 bits per heavy atom. The highest BCUT2D eigenvalue weighted by Crippen LogP contribution is 2.29. The fraction of sp³-hybridized carbons (Fsp3) is 0. The van der Waals surface area contributed by atoms with E-state index in [0.717, 1.165) is 16.8 Å². The van der Waals surface area contributed by atoms with Crippen LogP contribution in [0.2, 0.25) is 10.3 Å². The molecule has 0 saturated carbocycles. The first kappa shape index (κ1) is 13.8. The van der Waals surface area contributed by atoms with Crippen LogP contribution in [0.25, 0.3) is 22.5 Å². The number of halogens is 2. The minimum Gasteiger partial charge on any atom is -0.322 e. The Bertz CT molecular complexity index is 861. The minimum atomic E-state index is -0.152. The summed E-state index contributed by atoms with van der Waals surface area (Å²) in [5.41, 5.74) is 2.78. The maximum Gasteiger partial charge on any atom is 0.248 e. The van der Waals surface area contributed by atoms with Crippen molar-refractivity contribution in [3.05, 3.63) is 69.3 Å². The smallest absolute Gasteiger partial charge is 0.248 e. The van der Waals surface area contributed by atoms with Crippen LogP contribution in [0, 0.1) is 0 Å². The van der Waals surface area contributed by atoms with Gasteiger partial charge in [0.05, 0.1) is 16.9 Å². The van der Waals surface area contributed by atoms with Gasteiger partial charge >= 0.3 is 0 Å². The number of rotatable bonds is 2. The summed E-state index contributed by atoms with van der Waals surface area (Å²) in [5, 5.41) is 0.547. The lowest BCUT2D eigenvalue weighted by Crippen LogP contribution is -2.03. The van der Waals surface area contributed by atoms with Crippen LogP contribution in [-0.4, -0.2) is 15.0 Å². The Balaban J connectivity index is 2.12. The third-order valence-electron chi connectivity index (χ3n) is 2.93. The lowest BCUT2D eigenvalue weighted by Gasteiger charge is -2.06. The van der Waals surface area contributed by atoms with Gasteiger partial charge in [0, 0.05) is 17.3 Å². The molecule has 0 amide bonds. The summed E-state index contributed by atoms with van der Waals surface area (Å²) in [6, 6.07) is 12.5. The van der Waals surface area contributed by atoms with Crippen LogP contribution in [0.4, 0.5) is 0 Å². The van der Waals surface area contributed by atoms with Gasteiger partial charge in [-0.05, 0) is 29.3 Å². The van der Waals surface area contributed by atoms with Crippen molar-refractivity contribution in [2.24, 2.45) is 0 Å². The topological polar surface area (TPSA) is 58.6 Å². The molecule has 6 heteroatoms. The summed E-state index contributed by atoms with van der Waals surface area (Å²) in [6.45, 7) is 0. The summed E-state index contributed by atoms with van der Waals surface area (Å²) in [6.07, 6.45) is 1.46. The van der Waals surface area contributed by atoms with Crippen molar-refractivity contribution < 1.29 is 0 Å². The molecule has 2 heterocycles. The minimum absolute atomic E-state index is 0.132. The second-order valence-corrected chi connectivity index (χ2v) is 5.09. The lowest BCUT2D eigenvalue weighted by atomic mass is 10.1. The predicted octanol–water partition coefficient (Wildman–Crippen LogP) is 3.81. The second kappa shape index (κ2) is 5.68. The van der Waals surface area contributed by atoms with E-state index < -0.39 is 0 Å². The molecular formula is C15H9Cl2N3O. The molecule has 21 heavy (non-hydrogen) atoms. The highest BCUT2D eigenvalue weighted by Gasteiger charge is 2.08. The fourth-order valence-corrected chi connectivity index (χ4v) is 2.33. The summed E-state index contributed by atoms with van der Waals surface area (Å²) >= 11 is 11.9. The van der Waals surface area contributed by atoms with Crippen LogP contribution >= 0.6 is 23.2 Å². The standard InChI is InChI=1S/C15H9Cl2N3O/c16-11-8-18-15(17)20-14(11)10-4-1-3-9(7-10)12-5-2-6-13(21)19-12/h1-8H,(H,19,21). The molecule has 0 radical (unpaired) electrons. The number of aromatic nitrogens is 3. The van der Waals surface area contributed by atoms with E-state index in [-0.39, 0.29) is 10.8 Å². The van der Waals surface area contributed by atoms with Crippen LogP contribution in [0.15, 0.2) is 53.5 Å². The van der Waals surface area contributed by atoms with E-state index in [9.17, 15) is 4.79 Å². The Hall–Kier alpha value is -2.17. The number of nitrogens with one attached hydrogen (secondary N) is 1. The molecule has 0 unspecified atom stereocenters. The molecule has 3 rings (SSSR count). The fourth-order valence-electron chi connectivity index (χ4n) is 2.00. The average Bonchev–Trinajstić information content (AvgIpc) is 2.50. The Kier molecular flexibility index (Phi) is 3.73. The molecule has 0 spiro atoms. The molecule has 0 fully saturated rings. The third-order valence-corrected chi connectivity index (χ3v) is 3.39. The first-order chi connectivity index (χ1) is 10.1. The van der Waals surface area contributed by atoms with E-state index in [4.69, 9.17) is 23.2 Å². The number of pyridine rings is 1. The highest BCUT2D eigenvalue weighted by atomic mass is 35.5. The van der Waals surface area contributed by atoms with Crippen LogP contribution in [-0.2, 0) is 0 Å². The summed E-state index contributed by atoms with van der Waals surface area (Å²) < 4.78 is 0. The van der Waals surface area contributed by atoms with E-state index in [1.807, 2.05) is 30.3 Å². The Morgan fingerprint density at radius 1 is 1.00 bits per heavy atom. The number of hydrogen-bond donors (Lipinski definition) is 1. The summed E-state index contributed by atoms with van der Waals surface area (Å²) in [7, 11) is 0. The first-order valence-corrected chi connectivity index (χ1v) is 6.87. The normalized spacial score (nSPS) is 10.6. The largest absolute Gasteiger partial charge is 0.322 e. The molecular weight excluding hydrogens is 309 g/mol. The Morgan fingerprint density at radius 3 is 2.57 bits per heavy atom. The number of hydrogen-bond acceptors (Lipinski definition) is 3. The molecule has 104 valence electrons. The molecule has 4 nitrogen and oxygen atoms in total. The molecule has 1 aromatic carbocycles. The number of H-pyrrole nitrogens is 1. The van der Waals surface area contributed by atoms with Gasteiger partial charge in [0.15, 0.2) is 0 Å². The van der Waals surface area contributed by atoms with Crippen molar-refractivity contribution in [1.29, 1.82) is 0 Å². The van der Waals surface area contributed by atoms with E-state index in [2.05, 4.69) is 15.0 Å². The Labute approximate surface area is 130 Å². The van der Waals surface area contributed by atoms with Crippen LogP contribution in [0.5, 0.6) is 0 Å². The summed E-state index contributed by atoms with van der Waals surface area (Å²) in [4.78, 5) is 22.2. The zero-order chi connectivity index (χ0) is 14.8.